The number of morpholine rings is 1. The average Bonchev–Trinajstić information content (AvgIpc) is 3.38. The molecule has 0 aromatic heterocycles. The van der Waals surface area contributed by atoms with E-state index in [4.69, 9.17) is 16.3 Å². The first kappa shape index (κ1) is 22.1. The van der Waals surface area contributed by atoms with Crippen LogP contribution < -0.4 is 0 Å². The van der Waals surface area contributed by atoms with Crippen molar-refractivity contribution in [3.05, 3.63) is 28.8 Å². The van der Waals surface area contributed by atoms with Gasteiger partial charge in [0.05, 0.1) is 17.2 Å². The van der Waals surface area contributed by atoms with Crippen LogP contribution in [0.3, 0.4) is 0 Å². The molecule has 166 valence electrons. The third-order valence-electron chi connectivity index (χ3n) is 6.69. The van der Waals surface area contributed by atoms with Crippen molar-refractivity contribution >= 4 is 27.5 Å². The molecule has 4 rings (SSSR count). The summed E-state index contributed by atoms with van der Waals surface area (Å²) in [5, 5.41) is 0.145. The van der Waals surface area contributed by atoms with Crippen LogP contribution in [-0.2, 0) is 14.8 Å². The van der Waals surface area contributed by atoms with E-state index in [2.05, 4.69) is 0 Å². The molecule has 3 atom stereocenters. The van der Waals surface area contributed by atoms with Gasteiger partial charge in [-0.2, -0.15) is 4.31 Å². The Balaban J connectivity index is 1.60. The van der Waals surface area contributed by atoms with Crippen LogP contribution in [0.2, 0.25) is 5.02 Å². The molecule has 1 saturated carbocycles. The van der Waals surface area contributed by atoms with Crippen molar-refractivity contribution in [2.45, 2.75) is 75.5 Å². The van der Waals surface area contributed by atoms with Crippen LogP contribution in [0.4, 0.5) is 0 Å². The van der Waals surface area contributed by atoms with E-state index in [-0.39, 0.29) is 47.2 Å². The van der Waals surface area contributed by atoms with Crippen LogP contribution in [0.15, 0.2) is 23.1 Å². The Labute approximate surface area is 184 Å². The first-order valence-electron chi connectivity index (χ1n) is 11.0. The van der Waals surface area contributed by atoms with Crippen LogP contribution in [0, 0.1) is 5.92 Å². The van der Waals surface area contributed by atoms with Crippen molar-refractivity contribution in [3.63, 3.8) is 0 Å². The Hall–Kier alpha value is -1.15. The molecule has 0 bridgehead atoms. The molecule has 3 fully saturated rings. The molecule has 2 saturated heterocycles. The van der Waals surface area contributed by atoms with Crippen LogP contribution >= 0.6 is 11.6 Å². The smallest absolute Gasteiger partial charge is 0.254 e. The number of carbonyl (C=O) groups excluding carboxylic acids is 1. The van der Waals surface area contributed by atoms with Crippen LogP contribution in [0.1, 0.15) is 62.7 Å². The van der Waals surface area contributed by atoms with Gasteiger partial charge in [0, 0.05) is 31.2 Å². The number of amides is 1. The summed E-state index contributed by atoms with van der Waals surface area (Å²) in [6.07, 6.45) is 6.51. The number of benzene rings is 1. The molecule has 2 aliphatic heterocycles. The lowest BCUT2D eigenvalue weighted by atomic mass is 9.95. The summed E-state index contributed by atoms with van der Waals surface area (Å²) in [6.45, 7) is 5.00. The molecule has 3 aliphatic rings. The summed E-state index contributed by atoms with van der Waals surface area (Å²) in [5.74, 6) is 0.490. The number of hydrogen-bond acceptors (Lipinski definition) is 4. The zero-order valence-corrected chi connectivity index (χ0v) is 19.3. The van der Waals surface area contributed by atoms with Gasteiger partial charge in [0.25, 0.3) is 5.91 Å². The molecule has 1 amide bonds. The Bertz CT molecular complexity index is 890. The number of carbonyl (C=O) groups is 1. The molecule has 30 heavy (non-hydrogen) atoms. The van der Waals surface area contributed by atoms with Gasteiger partial charge in [0.15, 0.2) is 0 Å². The van der Waals surface area contributed by atoms with Crippen molar-refractivity contribution in [2.75, 3.05) is 19.6 Å². The second kappa shape index (κ2) is 8.77. The van der Waals surface area contributed by atoms with E-state index in [1.165, 1.54) is 42.1 Å². The van der Waals surface area contributed by atoms with E-state index in [9.17, 15) is 13.2 Å². The maximum absolute atomic E-state index is 13.3. The number of nitrogens with zero attached hydrogens (tertiary/aromatic N) is 2. The minimum Gasteiger partial charge on any atom is -0.373 e. The molecular weight excluding hydrogens is 424 g/mol. The number of likely N-dealkylation sites (tertiary alicyclic amines) is 1. The monoisotopic (exact) mass is 454 g/mol. The lowest BCUT2D eigenvalue weighted by molar-refractivity contribution is -0.0440. The van der Waals surface area contributed by atoms with Crippen molar-refractivity contribution < 1.29 is 17.9 Å². The number of hydrogen-bond donors (Lipinski definition) is 0. The lowest BCUT2D eigenvalue weighted by Crippen LogP contribution is -2.48. The minimum absolute atomic E-state index is 0.00734. The summed E-state index contributed by atoms with van der Waals surface area (Å²) in [6, 6.07) is 4.93. The quantitative estimate of drug-likeness (QED) is 0.691. The largest absolute Gasteiger partial charge is 0.373 e. The number of halogens is 1. The highest BCUT2D eigenvalue weighted by molar-refractivity contribution is 7.89. The zero-order valence-electron chi connectivity index (χ0n) is 17.7. The van der Waals surface area contributed by atoms with Gasteiger partial charge in [-0.15, -0.1) is 0 Å². The first-order chi connectivity index (χ1) is 14.3. The molecule has 1 aliphatic carbocycles. The SMILES string of the molecule is C[C@@H]1CN(S(=O)(=O)c2cc(C(=O)N3CCC[C@@H]3C3CCCC3)ccc2Cl)C[C@@H](C)O1. The van der Waals surface area contributed by atoms with Gasteiger partial charge < -0.3 is 9.64 Å². The zero-order chi connectivity index (χ0) is 21.5. The van der Waals surface area contributed by atoms with E-state index in [1.54, 1.807) is 6.07 Å². The van der Waals surface area contributed by atoms with Crippen LogP contribution in [0.5, 0.6) is 0 Å². The van der Waals surface area contributed by atoms with Crippen LogP contribution in [-0.4, -0.2) is 61.4 Å². The highest BCUT2D eigenvalue weighted by Gasteiger charge is 2.38. The maximum atomic E-state index is 13.3. The first-order valence-corrected chi connectivity index (χ1v) is 12.9. The Morgan fingerprint density at radius 3 is 2.40 bits per heavy atom. The highest BCUT2D eigenvalue weighted by atomic mass is 35.5. The predicted molar refractivity (Wildman–Crippen MR) is 116 cm³/mol. The fourth-order valence-electron chi connectivity index (χ4n) is 5.34. The molecule has 6 nitrogen and oxygen atoms in total. The van der Waals surface area contributed by atoms with Gasteiger partial charge in [-0.05, 0) is 63.6 Å². The maximum Gasteiger partial charge on any atom is 0.254 e. The third kappa shape index (κ3) is 4.27. The molecule has 0 radical (unpaired) electrons. The topological polar surface area (TPSA) is 66.9 Å². The van der Waals surface area contributed by atoms with E-state index in [1.807, 2.05) is 18.7 Å². The van der Waals surface area contributed by atoms with Gasteiger partial charge in [-0.25, -0.2) is 8.42 Å². The van der Waals surface area contributed by atoms with Gasteiger partial charge in [0.1, 0.15) is 4.90 Å². The fraction of sp³-hybridized carbons (Fsp3) is 0.682. The second-order valence-electron chi connectivity index (χ2n) is 8.98. The number of ether oxygens (including phenoxy) is 1. The normalized spacial score (nSPS) is 28.9. The third-order valence-corrected chi connectivity index (χ3v) is 9.00. The van der Waals surface area contributed by atoms with Gasteiger partial charge in [0.2, 0.25) is 10.0 Å². The Morgan fingerprint density at radius 2 is 1.73 bits per heavy atom. The van der Waals surface area contributed by atoms with E-state index in [0.717, 1.165) is 19.4 Å². The summed E-state index contributed by atoms with van der Waals surface area (Å²) in [5.41, 5.74) is 0.400. The van der Waals surface area contributed by atoms with E-state index in [0.29, 0.717) is 11.5 Å². The van der Waals surface area contributed by atoms with Crippen molar-refractivity contribution in [1.82, 2.24) is 9.21 Å². The summed E-state index contributed by atoms with van der Waals surface area (Å²) in [7, 11) is -3.82. The molecule has 1 aromatic rings. The average molecular weight is 455 g/mol. The molecule has 0 spiro atoms. The molecular formula is C22H31ClN2O4S. The number of rotatable bonds is 4. The summed E-state index contributed by atoms with van der Waals surface area (Å²) < 4.78 is 33.7. The van der Waals surface area contributed by atoms with Gasteiger partial charge >= 0.3 is 0 Å². The second-order valence-corrected chi connectivity index (χ2v) is 11.3. The summed E-state index contributed by atoms with van der Waals surface area (Å²) in [4.78, 5) is 15.3. The standard InChI is InChI=1S/C22H31ClN2O4S/c1-15-13-24(14-16(2)29-15)30(27,28)21-12-18(9-10-19(21)23)22(26)25-11-5-8-20(25)17-6-3-4-7-17/h9-10,12,15-17,20H,3-8,11,13-14H2,1-2H3/t15-,16-,20-/m1/s1. The summed E-state index contributed by atoms with van der Waals surface area (Å²) >= 11 is 6.31. The Morgan fingerprint density at radius 1 is 1.07 bits per heavy atom. The predicted octanol–water partition coefficient (Wildman–Crippen LogP) is 3.93. The minimum atomic E-state index is -3.82. The highest BCUT2D eigenvalue weighted by Crippen LogP contribution is 2.36. The fourth-order valence-corrected chi connectivity index (χ4v) is 7.43. The van der Waals surface area contributed by atoms with Crippen molar-refractivity contribution in [1.29, 1.82) is 0 Å². The number of sulfonamides is 1. The molecule has 2 heterocycles. The Kier molecular flexibility index (Phi) is 6.45. The van der Waals surface area contributed by atoms with Crippen molar-refractivity contribution in [3.8, 4) is 0 Å². The molecule has 8 heteroatoms. The molecule has 0 unspecified atom stereocenters. The molecule has 1 aromatic carbocycles. The van der Waals surface area contributed by atoms with Crippen molar-refractivity contribution in [2.24, 2.45) is 5.92 Å². The molecule has 0 N–H and O–H groups in total. The van der Waals surface area contributed by atoms with E-state index < -0.39 is 10.0 Å². The van der Waals surface area contributed by atoms with Crippen LogP contribution in [0.25, 0.3) is 0 Å². The van der Waals surface area contributed by atoms with Gasteiger partial charge in [-0.1, -0.05) is 24.4 Å². The lowest BCUT2D eigenvalue weighted by Gasteiger charge is -2.34. The van der Waals surface area contributed by atoms with Gasteiger partial charge in [-0.3, -0.25) is 4.79 Å². The van der Waals surface area contributed by atoms with E-state index >= 15 is 0 Å².